The quantitative estimate of drug-likeness (QED) is 0.786. The Hall–Kier alpha value is 0.130. The molecule has 0 saturated carbocycles. The van der Waals surface area contributed by atoms with Gasteiger partial charge in [0.05, 0.1) is 13.1 Å². The minimum absolute atomic E-state index is 0.196. The Morgan fingerprint density at radius 3 is 2.29 bits per heavy atom. The molecule has 1 rings (SSSR count). The number of hydrogen-bond donors (Lipinski definition) is 1. The van der Waals surface area contributed by atoms with Crippen LogP contribution in [0.5, 0.6) is 0 Å². The van der Waals surface area contributed by atoms with Crippen LogP contribution in [0.25, 0.3) is 0 Å². The van der Waals surface area contributed by atoms with Crippen LogP contribution in [0.15, 0.2) is 0 Å². The van der Waals surface area contributed by atoms with Crippen LogP contribution in [0.2, 0.25) is 0 Å². The second-order valence-corrected chi connectivity index (χ2v) is 5.89. The monoisotopic (exact) mass is 224 g/mol. The van der Waals surface area contributed by atoms with Crippen molar-refractivity contribution >= 4 is 11.8 Å². The summed E-state index contributed by atoms with van der Waals surface area (Å²) in [4.78, 5) is 1.82. The van der Waals surface area contributed by atoms with Crippen molar-refractivity contribution in [3.63, 3.8) is 0 Å². The Labute approximate surface area is 88.2 Å². The summed E-state index contributed by atoms with van der Waals surface area (Å²) in [5.41, 5.74) is 5.01. The molecule has 0 aromatic rings. The van der Waals surface area contributed by atoms with E-state index >= 15 is 0 Å². The Bertz CT molecular complexity index is 180. The van der Waals surface area contributed by atoms with Crippen LogP contribution in [0.1, 0.15) is 13.8 Å². The van der Waals surface area contributed by atoms with Crippen molar-refractivity contribution in [2.45, 2.75) is 30.3 Å². The lowest BCUT2D eigenvalue weighted by Crippen LogP contribution is -2.48. The van der Waals surface area contributed by atoms with E-state index in [1.807, 2.05) is 16.7 Å². The van der Waals surface area contributed by atoms with Gasteiger partial charge in [-0.05, 0) is 0 Å². The maximum Gasteiger partial charge on any atom is 0.272 e. The van der Waals surface area contributed by atoms with Crippen LogP contribution in [-0.2, 0) is 0 Å². The lowest BCUT2D eigenvalue weighted by molar-refractivity contribution is -0.0236. The maximum atomic E-state index is 13.0. The van der Waals surface area contributed by atoms with Gasteiger partial charge >= 0.3 is 0 Å². The molecule has 1 heterocycles. The van der Waals surface area contributed by atoms with Gasteiger partial charge in [0.15, 0.2) is 0 Å². The fourth-order valence-corrected chi connectivity index (χ4v) is 3.19. The molecule has 1 saturated heterocycles. The minimum Gasteiger partial charge on any atom is -0.325 e. The zero-order valence-electron chi connectivity index (χ0n) is 8.67. The Morgan fingerprint density at radius 2 is 1.86 bits per heavy atom. The molecule has 0 spiro atoms. The Kier molecular flexibility index (Phi) is 4.15. The van der Waals surface area contributed by atoms with E-state index in [1.165, 1.54) is 0 Å². The third kappa shape index (κ3) is 3.71. The van der Waals surface area contributed by atoms with E-state index in [-0.39, 0.29) is 6.54 Å². The topological polar surface area (TPSA) is 29.3 Å². The van der Waals surface area contributed by atoms with Gasteiger partial charge in [0, 0.05) is 23.6 Å². The third-order valence-electron chi connectivity index (χ3n) is 2.25. The standard InChI is InChI=1S/C9H18F2N2S/c1-7-3-13(4-8(2)14-7)6-9(10,11)5-12/h7-8H,3-6,12H2,1-2H3. The van der Waals surface area contributed by atoms with Crippen molar-refractivity contribution in [3.8, 4) is 0 Å². The Balaban J connectivity index is 2.44. The molecule has 1 aliphatic rings. The molecule has 0 aromatic heterocycles. The second kappa shape index (κ2) is 4.77. The molecule has 0 bridgehead atoms. The normalized spacial score (nSPS) is 30.6. The number of hydrogen-bond acceptors (Lipinski definition) is 3. The number of alkyl halides is 2. The van der Waals surface area contributed by atoms with Gasteiger partial charge in [0.1, 0.15) is 0 Å². The number of nitrogens with two attached hydrogens (primary N) is 1. The molecule has 0 radical (unpaired) electrons. The van der Waals surface area contributed by atoms with E-state index in [0.717, 1.165) is 13.1 Å². The highest BCUT2D eigenvalue weighted by atomic mass is 32.2. The maximum absolute atomic E-state index is 13.0. The molecule has 0 aliphatic carbocycles. The van der Waals surface area contributed by atoms with Gasteiger partial charge in [-0.2, -0.15) is 11.8 Å². The highest BCUT2D eigenvalue weighted by molar-refractivity contribution is 8.00. The second-order valence-electron chi connectivity index (χ2n) is 4.01. The fraction of sp³-hybridized carbons (Fsp3) is 1.00. The molecule has 2 atom stereocenters. The molecule has 0 amide bonds. The van der Waals surface area contributed by atoms with Crippen LogP contribution in [-0.4, -0.2) is 47.5 Å². The number of thioether (sulfide) groups is 1. The lowest BCUT2D eigenvalue weighted by Gasteiger charge is -2.36. The molecule has 84 valence electrons. The number of halogens is 2. The van der Waals surface area contributed by atoms with Gasteiger partial charge in [-0.3, -0.25) is 4.90 Å². The van der Waals surface area contributed by atoms with Crippen molar-refractivity contribution in [2.75, 3.05) is 26.2 Å². The number of rotatable bonds is 3. The first kappa shape index (κ1) is 12.2. The molecule has 2 unspecified atom stereocenters. The molecule has 2 N–H and O–H groups in total. The first-order chi connectivity index (χ1) is 6.43. The zero-order chi connectivity index (χ0) is 10.8. The molecular weight excluding hydrogens is 206 g/mol. The zero-order valence-corrected chi connectivity index (χ0v) is 9.49. The first-order valence-corrected chi connectivity index (χ1v) is 5.83. The predicted octanol–water partition coefficient (Wildman–Crippen LogP) is 1.41. The van der Waals surface area contributed by atoms with Gasteiger partial charge in [-0.15, -0.1) is 0 Å². The van der Waals surface area contributed by atoms with Crippen LogP contribution in [0, 0.1) is 0 Å². The van der Waals surface area contributed by atoms with Crippen LogP contribution in [0.3, 0.4) is 0 Å². The summed E-state index contributed by atoms with van der Waals surface area (Å²) in [7, 11) is 0. The first-order valence-electron chi connectivity index (χ1n) is 4.88. The highest BCUT2D eigenvalue weighted by Gasteiger charge is 2.33. The van der Waals surface area contributed by atoms with E-state index < -0.39 is 12.5 Å². The molecular formula is C9H18F2N2S. The van der Waals surface area contributed by atoms with Crippen molar-refractivity contribution in [1.29, 1.82) is 0 Å². The molecule has 14 heavy (non-hydrogen) atoms. The van der Waals surface area contributed by atoms with Crippen molar-refractivity contribution in [3.05, 3.63) is 0 Å². The summed E-state index contributed by atoms with van der Waals surface area (Å²) in [5.74, 6) is -2.73. The molecule has 5 heteroatoms. The summed E-state index contributed by atoms with van der Waals surface area (Å²) in [6, 6.07) is 0. The van der Waals surface area contributed by atoms with Crippen LogP contribution < -0.4 is 5.73 Å². The van der Waals surface area contributed by atoms with Gasteiger partial charge in [-0.1, -0.05) is 13.8 Å². The summed E-state index contributed by atoms with van der Waals surface area (Å²) in [6.07, 6.45) is 0. The fourth-order valence-electron chi connectivity index (χ4n) is 1.81. The average Bonchev–Trinajstić information content (AvgIpc) is 2.01. The summed E-state index contributed by atoms with van der Waals surface area (Å²) in [6.45, 7) is 4.88. The summed E-state index contributed by atoms with van der Waals surface area (Å²) < 4.78 is 26.0. The average molecular weight is 224 g/mol. The van der Waals surface area contributed by atoms with E-state index in [2.05, 4.69) is 13.8 Å². The summed E-state index contributed by atoms with van der Waals surface area (Å²) in [5, 5.41) is 0.875. The molecule has 0 aromatic carbocycles. The third-order valence-corrected chi connectivity index (χ3v) is 3.48. The SMILES string of the molecule is CC1CN(CC(F)(F)CN)CC(C)S1. The highest BCUT2D eigenvalue weighted by Crippen LogP contribution is 2.26. The van der Waals surface area contributed by atoms with Gasteiger partial charge < -0.3 is 5.73 Å². The lowest BCUT2D eigenvalue weighted by atomic mass is 10.2. The van der Waals surface area contributed by atoms with Crippen LogP contribution in [0.4, 0.5) is 8.78 Å². The van der Waals surface area contributed by atoms with E-state index in [9.17, 15) is 8.78 Å². The van der Waals surface area contributed by atoms with E-state index in [4.69, 9.17) is 5.73 Å². The van der Waals surface area contributed by atoms with Gasteiger partial charge in [0.25, 0.3) is 5.92 Å². The smallest absolute Gasteiger partial charge is 0.272 e. The van der Waals surface area contributed by atoms with E-state index in [0.29, 0.717) is 10.5 Å². The molecule has 1 aliphatic heterocycles. The molecule has 2 nitrogen and oxygen atoms in total. The van der Waals surface area contributed by atoms with Crippen LogP contribution >= 0.6 is 11.8 Å². The van der Waals surface area contributed by atoms with Crippen molar-refractivity contribution in [2.24, 2.45) is 5.73 Å². The predicted molar refractivity (Wildman–Crippen MR) is 57.0 cm³/mol. The molecule has 1 fully saturated rings. The van der Waals surface area contributed by atoms with Gasteiger partial charge in [0.2, 0.25) is 0 Å². The largest absolute Gasteiger partial charge is 0.325 e. The van der Waals surface area contributed by atoms with Crippen molar-refractivity contribution in [1.82, 2.24) is 4.90 Å². The Morgan fingerprint density at radius 1 is 1.36 bits per heavy atom. The van der Waals surface area contributed by atoms with E-state index in [1.54, 1.807) is 0 Å². The minimum atomic E-state index is -2.73. The summed E-state index contributed by atoms with van der Waals surface area (Å²) >= 11 is 1.86. The van der Waals surface area contributed by atoms with Crippen molar-refractivity contribution < 1.29 is 8.78 Å². The van der Waals surface area contributed by atoms with Gasteiger partial charge in [-0.25, -0.2) is 8.78 Å². The number of nitrogens with zero attached hydrogens (tertiary/aromatic N) is 1.